The molecule has 0 saturated carbocycles. The standard InChI is InChI=1S/C25H19BrF2O3/c1-29-23-16-25(24(26)15-21(23)28,31-19-10-6-3-7-11-19)20-14-17(27)12-13-22(20)30-18-8-4-2-5-9-18/h2-16,24H,1H3/t24?,25-/m0/s1. The van der Waals surface area contributed by atoms with Crippen LogP contribution in [-0.4, -0.2) is 11.9 Å². The predicted molar refractivity (Wildman–Crippen MR) is 119 cm³/mol. The number of benzene rings is 3. The number of para-hydroxylation sites is 2. The maximum atomic E-state index is 14.5. The van der Waals surface area contributed by atoms with Gasteiger partial charge in [-0.3, -0.25) is 0 Å². The lowest BCUT2D eigenvalue weighted by Crippen LogP contribution is -2.42. The molecule has 0 saturated heterocycles. The lowest BCUT2D eigenvalue weighted by molar-refractivity contribution is 0.114. The van der Waals surface area contributed by atoms with E-state index in [1.807, 2.05) is 36.4 Å². The molecule has 158 valence electrons. The van der Waals surface area contributed by atoms with Crippen LogP contribution in [0.5, 0.6) is 17.2 Å². The molecular formula is C25H19BrF2O3. The molecule has 3 aromatic rings. The van der Waals surface area contributed by atoms with Gasteiger partial charge >= 0.3 is 0 Å². The minimum Gasteiger partial charge on any atom is -0.494 e. The lowest BCUT2D eigenvalue weighted by atomic mass is 9.85. The van der Waals surface area contributed by atoms with Crippen molar-refractivity contribution in [2.75, 3.05) is 7.11 Å². The summed E-state index contributed by atoms with van der Waals surface area (Å²) in [6.07, 6.45) is 2.83. The molecule has 3 nitrogen and oxygen atoms in total. The molecular weight excluding hydrogens is 466 g/mol. The first kappa shape index (κ1) is 21.1. The maximum absolute atomic E-state index is 14.5. The summed E-state index contributed by atoms with van der Waals surface area (Å²) in [4.78, 5) is -0.681. The number of rotatable bonds is 6. The van der Waals surface area contributed by atoms with E-state index in [1.54, 1.807) is 24.3 Å². The van der Waals surface area contributed by atoms with Gasteiger partial charge in [-0.05, 0) is 48.5 Å². The van der Waals surface area contributed by atoms with Crippen LogP contribution in [0.3, 0.4) is 0 Å². The summed E-state index contributed by atoms with van der Waals surface area (Å²) in [6.45, 7) is 0. The summed E-state index contributed by atoms with van der Waals surface area (Å²) in [5.74, 6) is 0.429. The molecule has 0 amide bonds. The molecule has 1 unspecified atom stereocenters. The second-order valence-corrected chi connectivity index (χ2v) is 7.88. The van der Waals surface area contributed by atoms with E-state index in [0.717, 1.165) is 0 Å². The fourth-order valence-electron chi connectivity index (χ4n) is 3.40. The highest BCUT2D eigenvalue weighted by atomic mass is 79.9. The van der Waals surface area contributed by atoms with Gasteiger partial charge in [0.15, 0.2) is 17.2 Å². The molecule has 0 aromatic heterocycles. The predicted octanol–water partition coefficient (Wildman–Crippen LogP) is 7.05. The zero-order valence-electron chi connectivity index (χ0n) is 16.6. The molecule has 2 atom stereocenters. The first-order valence-corrected chi connectivity index (χ1v) is 10.5. The number of methoxy groups -OCH3 is 1. The first-order valence-electron chi connectivity index (χ1n) is 9.57. The highest BCUT2D eigenvalue weighted by Gasteiger charge is 2.46. The van der Waals surface area contributed by atoms with Crippen molar-refractivity contribution in [1.29, 1.82) is 0 Å². The zero-order valence-corrected chi connectivity index (χ0v) is 18.2. The van der Waals surface area contributed by atoms with Gasteiger partial charge in [-0.25, -0.2) is 8.78 Å². The number of ether oxygens (including phenoxy) is 3. The van der Waals surface area contributed by atoms with Gasteiger partial charge in [-0.2, -0.15) is 0 Å². The van der Waals surface area contributed by atoms with Crippen LogP contribution in [0.15, 0.2) is 103 Å². The largest absolute Gasteiger partial charge is 0.494 e. The Balaban J connectivity index is 1.90. The summed E-state index contributed by atoms with van der Waals surface area (Å²) < 4.78 is 46.7. The van der Waals surface area contributed by atoms with Crippen LogP contribution in [0.2, 0.25) is 0 Å². The Morgan fingerprint density at radius 1 is 0.871 bits per heavy atom. The zero-order chi connectivity index (χ0) is 21.8. The quantitative estimate of drug-likeness (QED) is 0.350. The molecule has 0 N–H and O–H groups in total. The lowest BCUT2D eigenvalue weighted by Gasteiger charge is -2.38. The molecule has 0 fully saturated rings. The number of alkyl halides is 1. The number of hydrogen-bond donors (Lipinski definition) is 0. The van der Waals surface area contributed by atoms with Crippen molar-refractivity contribution in [3.8, 4) is 17.2 Å². The van der Waals surface area contributed by atoms with Crippen LogP contribution in [-0.2, 0) is 10.3 Å². The van der Waals surface area contributed by atoms with Gasteiger partial charge in [-0.1, -0.05) is 52.3 Å². The number of hydrogen-bond acceptors (Lipinski definition) is 3. The Kier molecular flexibility index (Phi) is 6.09. The van der Waals surface area contributed by atoms with Gasteiger partial charge in [0.25, 0.3) is 0 Å². The van der Waals surface area contributed by atoms with E-state index in [9.17, 15) is 8.78 Å². The Bertz CT molecular complexity index is 1120. The van der Waals surface area contributed by atoms with E-state index in [-0.39, 0.29) is 5.76 Å². The highest BCUT2D eigenvalue weighted by Crippen LogP contribution is 2.47. The number of allylic oxidation sites excluding steroid dienone is 1. The molecule has 3 aromatic carbocycles. The fraction of sp³-hybridized carbons (Fsp3) is 0.120. The van der Waals surface area contributed by atoms with Crippen molar-refractivity contribution in [1.82, 2.24) is 0 Å². The summed E-state index contributed by atoms with van der Waals surface area (Å²) in [5, 5.41) is 0. The van der Waals surface area contributed by atoms with E-state index < -0.39 is 22.1 Å². The van der Waals surface area contributed by atoms with E-state index in [2.05, 4.69) is 15.9 Å². The van der Waals surface area contributed by atoms with Gasteiger partial charge in [0.2, 0.25) is 0 Å². The molecule has 31 heavy (non-hydrogen) atoms. The minimum atomic E-state index is -1.35. The average Bonchev–Trinajstić information content (AvgIpc) is 2.78. The Morgan fingerprint density at radius 3 is 2.16 bits per heavy atom. The minimum absolute atomic E-state index is 0.0125. The van der Waals surface area contributed by atoms with Crippen molar-refractivity contribution in [2.24, 2.45) is 0 Å². The summed E-state index contributed by atoms with van der Waals surface area (Å²) in [6, 6.07) is 22.3. The molecule has 0 heterocycles. The van der Waals surface area contributed by atoms with Crippen LogP contribution < -0.4 is 9.47 Å². The number of halogens is 3. The van der Waals surface area contributed by atoms with Gasteiger partial charge in [0.05, 0.1) is 11.9 Å². The fourth-order valence-corrected chi connectivity index (χ4v) is 4.10. The van der Waals surface area contributed by atoms with E-state index in [0.29, 0.717) is 22.8 Å². The third-order valence-corrected chi connectivity index (χ3v) is 5.81. The van der Waals surface area contributed by atoms with Crippen molar-refractivity contribution in [3.05, 3.63) is 114 Å². The van der Waals surface area contributed by atoms with Crippen LogP contribution in [0.25, 0.3) is 0 Å². The SMILES string of the molecule is COC1=C[C@](Oc2ccccc2)(c2cc(F)ccc2Oc2ccccc2)C(Br)C=C1F. The monoisotopic (exact) mass is 484 g/mol. The first-order chi connectivity index (χ1) is 15.0. The Hall–Kier alpha value is -3.12. The van der Waals surface area contributed by atoms with Gasteiger partial charge in [0.1, 0.15) is 23.1 Å². The average molecular weight is 485 g/mol. The topological polar surface area (TPSA) is 27.7 Å². The third kappa shape index (κ3) is 4.35. The van der Waals surface area contributed by atoms with Crippen molar-refractivity contribution < 1.29 is 23.0 Å². The maximum Gasteiger partial charge on any atom is 0.176 e. The third-order valence-electron chi connectivity index (χ3n) is 4.87. The van der Waals surface area contributed by atoms with Gasteiger partial charge in [-0.15, -0.1) is 0 Å². The van der Waals surface area contributed by atoms with Crippen molar-refractivity contribution in [2.45, 2.75) is 10.4 Å². The summed E-state index contributed by atoms with van der Waals surface area (Å²) in [7, 11) is 1.37. The van der Waals surface area contributed by atoms with Crippen LogP contribution in [0.4, 0.5) is 8.78 Å². The molecule has 4 rings (SSSR count). The summed E-state index contributed by atoms with van der Waals surface area (Å²) >= 11 is 3.53. The normalized spacial score (nSPS) is 20.5. The van der Waals surface area contributed by atoms with Gasteiger partial charge in [0, 0.05) is 11.6 Å². The smallest absolute Gasteiger partial charge is 0.176 e. The molecule has 0 radical (unpaired) electrons. The van der Waals surface area contributed by atoms with Gasteiger partial charge < -0.3 is 14.2 Å². The van der Waals surface area contributed by atoms with E-state index >= 15 is 0 Å². The second kappa shape index (κ2) is 8.94. The van der Waals surface area contributed by atoms with E-state index in [4.69, 9.17) is 14.2 Å². The molecule has 1 aliphatic carbocycles. The van der Waals surface area contributed by atoms with Crippen LogP contribution in [0.1, 0.15) is 5.56 Å². The van der Waals surface area contributed by atoms with Crippen LogP contribution >= 0.6 is 15.9 Å². The molecule has 6 heteroatoms. The summed E-state index contributed by atoms with van der Waals surface area (Å²) in [5.41, 5.74) is -0.977. The molecule has 1 aliphatic rings. The Morgan fingerprint density at radius 2 is 1.52 bits per heavy atom. The molecule has 0 aliphatic heterocycles. The van der Waals surface area contributed by atoms with Crippen molar-refractivity contribution in [3.63, 3.8) is 0 Å². The molecule has 0 bridgehead atoms. The highest BCUT2D eigenvalue weighted by molar-refractivity contribution is 9.09. The Labute approximate surface area is 187 Å². The second-order valence-electron chi connectivity index (χ2n) is 6.89. The molecule has 0 spiro atoms. The van der Waals surface area contributed by atoms with Crippen molar-refractivity contribution >= 4 is 15.9 Å². The van der Waals surface area contributed by atoms with E-state index in [1.165, 1.54) is 37.5 Å². The van der Waals surface area contributed by atoms with Crippen LogP contribution in [0, 0.1) is 5.82 Å².